The lowest BCUT2D eigenvalue weighted by atomic mass is 9.44. The molecule has 1 aromatic carbocycles. The molecule has 6 aliphatic carbocycles. The number of Topliss-reactive ketones (excluding diaryl/α,β-unsaturated/α-hetero) is 1. The predicted molar refractivity (Wildman–Crippen MR) is 468 cm³/mol. The third kappa shape index (κ3) is 32.0. The summed E-state index contributed by atoms with van der Waals surface area (Å²) < 4.78 is 111. The van der Waals surface area contributed by atoms with Crippen molar-refractivity contribution >= 4 is 58.6 Å². The van der Waals surface area contributed by atoms with Gasteiger partial charge in [-0.15, -0.1) is 5.92 Å². The second kappa shape index (κ2) is 54.2. The van der Waals surface area contributed by atoms with E-state index in [1.165, 1.54) is 50.3 Å². The number of quaternary nitrogens is 1. The number of fused-ring (bicyclic) bond motifs is 7. The molecule has 0 aromatic heterocycles. The van der Waals surface area contributed by atoms with Gasteiger partial charge in [0.2, 0.25) is 47.1 Å². The van der Waals surface area contributed by atoms with E-state index in [2.05, 4.69) is 80.6 Å². The van der Waals surface area contributed by atoms with Crippen molar-refractivity contribution in [3.8, 4) is 17.6 Å². The highest BCUT2D eigenvalue weighted by molar-refractivity contribution is 6.02. The molecule has 8 rings (SSSR count). The molecular weight excluding hydrogens is 1670 g/mol. The minimum atomic E-state index is -2.38. The Morgan fingerprint density at radius 2 is 1.27 bits per heavy atom. The molecule has 0 bridgehead atoms. The van der Waals surface area contributed by atoms with Crippen molar-refractivity contribution < 1.29 is 123 Å². The largest absolute Gasteiger partial charge is 0.486 e. The molecule has 34 nitrogen and oxygen atoms in total. The molecule has 4 fully saturated rings. The van der Waals surface area contributed by atoms with Gasteiger partial charge < -0.3 is 114 Å². The highest BCUT2D eigenvalue weighted by Crippen LogP contribution is 2.72. The van der Waals surface area contributed by atoms with Gasteiger partial charge in [0.25, 0.3) is 0 Å². The number of hydrogen-bond acceptors (Lipinski definition) is 26. The lowest BCUT2D eigenvalue weighted by molar-refractivity contribution is -0.869. The first kappa shape index (κ1) is 105. The molecule has 0 radical (unpaired) electrons. The number of nitrogens with one attached hydrogen (secondary N) is 9. The molecule has 128 heavy (non-hydrogen) atoms. The smallest absolute Gasteiger partial charge is 0.246 e. The number of alkyl halides is 2. The average Bonchev–Trinajstić information content (AvgIpc) is 1.46. The number of likely N-dealkylation sites (N-methyl/N-ethyl adjacent to an activating group) is 1. The second-order valence-corrected chi connectivity index (χ2v) is 35.6. The number of amides is 7. The van der Waals surface area contributed by atoms with Gasteiger partial charge in [-0.25, -0.2) is 14.3 Å². The van der Waals surface area contributed by atoms with Gasteiger partial charge in [-0.3, -0.25) is 43.2 Å². The van der Waals surface area contributed by atoms with Crippen LogP contribution in [0.15, 0.2) is 64.6 Å². The van der Waals surface area contributed by atoms with E-state index in [0.29, 0.717) is 155 Å². The van der Waals surface area contributed by atoms with Crippen LogP contribution >= 0.6 is 0 Å². The van der Waals surface area contributed by atoms with Crippen LogP contribution in [0.3, 0.4) is 0 Å². The fourth-order valence-corrected chi connectivity index (χ4v) is 17.7. The topological polar surface area (TPSA) is 426 Å². The minimum Gasteiger partial charge on any atom is -0.486 e. The monoisotopic (exact) mass is 1810 g/mol. The molecule has 15 atom stereocenters. The molecule has 36 heteroatoms. The van der Waals surface area contributed by atoms with Gasteiger partial charge in [0.1, 0.15) is 67.8 Å². The number of benzene rings is 1. The Kier molecular flexibility index (Phi) is 44.7. The normalized spacial score (nSPS) is 26.2. The van der Waals surface area contributed by atoms with Crippen LogP contribution in [0.4, 0.5) is 14.5 Å². The summed E-state index contributed by atoms with van der Waals surface area (Å²) in [7, 11) is 6.21. The molecule has 0 spiro atoms. The Morgan fingerprint density at radius 3 is 1.91 bits per heavy atom. The van der Waals surface area contributed by atoms with Gasteiger partial charge in [-0.05, 0) is 151 Å². The Bertz CT molecular complexity index is 3880. The maximum atomic E-state index is 18.1. The fourth-order valence-electron chi connectivity index (χ4n) is 17.7. The van der Waals surface area contributed by atoms with Crippen molar-refractivity contribution in [1.82, 2.24) is 37.2 Å². The van der Waals surface area contributed by atoms with E-state index < -0.39 is 136 Å². The molecule has 3 saturated carbocycles. The zero-order chi connectivity index (χ0) is 92.5. The van der Waals surface area contributed by atoms with Gasteiger partial charge in [-0.2, -0.15) is 5.11 Å². The fraction of sp³-hybridized carbons (Fsp3) is 0.750. The van der Waals surface area contributed by atoms with Crippen LogP contribution < -0.4 is 47.3 Å². The standard InChI is InChI=1S/C92H143F2N11O23/c1-10-21-83-127-78-58-69-70-57-72(93)71-56-66(106)31-34-89(71,5)91(70,94)76(107)59-90(69,6)92(78,128-83)77(108)60-124-68-29-27-65(28-30-68)101-86(113)64(4)100-88(115)84(63(2)3)103-87(114)74(102-80(110)33-41-117-45-49-121-53-55-123-51-47-119-43-38-99-81(111)61-125-67-22-15-12-11-13-16-23-67)25-19-20-35-97-82(112)62-126-75-26-18-14-17-24-73(85(75)104-95)96-37-42-118-46-50-122-54-52-120-48-44-116-40-32-79(109)98-36-39-105(7,8)9/h27-31,34,56,63-64,67,69-70,72,74-76,78,83-84,107H,10-15,17-22,24-26,32-33,35-55,57-62H2,1-9H3,(H8-,95,96,97,98,99,100,101,102,103,109,110,111,112,113,114,115)/p+1/t64-,67?,69-,70-,72-,74+,75?,76-,78+,83?,84-,89-,90-,91-,92+/m0/s1. The summed E-state index contributed by atoms with van der Waals surface area (Å²) >= 11 is 0. The number of rotatable bonds is 60. The van der Waals surface area contributed by atoms with E-state index in [-0.39, 0.29) is 108 Å². The first-order valence-corrected chi connectivity index (χ1v) is 46.0. The number of nitrogens with zero attached hydrogens (tertiary/aromatic N) is 2. The molecule has 718 valence electrons. The van der Waals surface area contributed by atoms with Crippen molar-refractivity contribution in [3.63, 3.8) is 0 Å². The molecule has 7 amide bonds. The van der Waals surface area contributed by atoms with Crippen molar-refractivity contribution in [2.75, 3.05) is 185 Å². The number of carbonyl (C=O) groups excluding carboxylic acids is 9. The summed E-state index contributed by atoms with van der Waals surface area (Å²) in [4.78, 5) is 121. The molecule has 3 unspecified atom stereocenters. The zero-order valence-corrected chi connectivity index (χ0v) is 76.7. The lowest BCUT2D eigenvalue weighted by Crippen LogP contribution is -2.71. The summed E-state index contributed by atoms with van der Waals surface area (Å²) in [6, 6.07) is 2.65. The first-order valence-electron chi connectivity index (χ1n) is 46.0. The van der Waals surface area contributed by atoms with Crippen molar-refractivity contribution in [2.24, 2.45) is 33.7 Å². The molecule has 7 aliphatic rings. The summed E-state index contributed by atoms with van der Waals surface area (Å²) in [5.74, 6) is 0.0572. The Labute approximate surface area is 752 Å². The van der Waals surface area contributed by atoms with Crippen molar-refractivity contribution in [2.45, 2.75) is 236 Å². The number of ether oxygens (including phenoxy) is 13. The van der Waals surface area contributed by atoms with E-state index in [1.54, 1.807) is 20.8 Å². The third-order valence-corrected chi connectivity index (χ3v) is 24.7. The molecule has 1 aliphatic heterocycles. The average molecular weight is 1810 g/mol. The molecule has 1 heterocycles. The molecule has 1 aromatic rings. The molecule has 1 saturated heterocycles. The van der Waals surface area contributed by atoms with Gasteiger partial charge in [-0.1, -0.05) is 65.4 Å². The first-order chi connectivity index (χ1) is 61.5. The summed E-state index contributed by atoms with van der Waals surface area (Å²) in [5.41, 5.74) is 2.66. The van der Waals surface area contributed by atoms with E-state index in [0.717, 1.165) is 74.2 Å². The Hall–Kier alpha value is -7.87. The number of allylic oxidation sites excluding steroid dienone is 5. The van der Waals surface area contributed by atoms with Crippen LogP contribution in [-0.2, 0) is 100.0 Å². The minimum absolute atomic E-state index is 0.00775. The highest BCUT2D eigenvalue weighted by atomic mass is 19.1. The van der Waals surface area contributed by atoms with E-state index in [4.69, 9.17) is 67.1 Å². The van der Waals surface area contributed by atoms with Crippen LogP contribution in [0.25, 0.3) is 0 Å². The number of ketones is 2. The van der Waals surface area contributed by atoms with E-state index >= 15 is 8.78 Å². The Balaban J connectivity index is 0.768. The number of aliphatic hydroxyl groups excluding tert-OH is 1. The maximum absolute atomic E-state index is 18.1. The number of unbranched alkanes of at least 4 members (excludes halogenated alkanes) is 1. The quantitative estimate of drug-likeness (QED) is 0.0142. The van der Waals surface area contributed by atoms with Gasteiger partial charge >= 0.3 is 0 Å². The summed E-state index contributed by atoms with van der Waals surface area (Å²) in [5, 5.41) is 38.9. The van der Waals surface area contributed by atoms with Crippen LogP contribution in [-0.4, -0.2) is 308 Å². The van der Waals surface area contributed by atoms with Crippen LogP contribution in [0.2, 0.25) is 0 Å². The van der Waals surface area contributed by atoms with Crippen LogP contribution in [0.5, 0.6) is 5.75 Å². The van der Waals surface area contributed by atoms with Crippen LogP contribution in [0, 0.1) is 46.0 Å². The van der Waals surface area contributed by atoms with Gasteiger partial charge in [0, 0.05) is 67.0 Å². The number of hydrogen-bond donors (Lipinski definition) is 10. The van der Waals surface area contributed by atoms with E-state index in [9.17, 15) is 48.3 Å². The predicted octanol–water partition coefficient (Wildman–Crippen LogP) is 6.58. The molecular formula is C92H144F2N11O23+. The number of carbonyl (C=O) groups is 9. The van der Waals surface area contributed by atoms with Crippen LogP contribution in [0.1, 0.15) is 170 Å². The van der Waals surface area contributed by atoms with E-state index in [1.807, 2.05) is 6.92 Å². The number of halogens is 2. The summed E-state index contributed by atoms with van der Waals surface area (Å²) in [6.07, 6.45) is 8.29. The Morgan fingerprint density at radius 1 is 0.664 bits per heavy atom. The maximum Gasteiger partial charge on any atom is 0.246 e. The third-order valence-electron chi connectivity index (χ3n) is 24.7. The highest BCUT2D eigenvalue weighted by Gasteiger charge is 2.80. The van der Waals surface area contributed by atoms with Gasteiger partial charge in [0.05, 0.1) is 152 Å². The van der Waals surface area contributed by atoms with Gasteiger partial charge in [0.15, 0.2) is 23.3 Å². The second-order valence-electron chi connectivity index (χ2n) is 35.6. The SMILES string of the molecule is CCCC1O[C@@H]2C[C@H]3[C@@H]4C[C@H](F)C5=CC(=O)C=C[C@]5(C)[C@@]4(F)[C@@H](O)C[C@]3(C)[C@]2(C(=O)COc2ccc(NC(=O)[C@H](C)NC(=O)[C@@H](NC(=O)[C@@H](CCCCNC(=O)COC3CCCCC/C(NCCOCCOCCOCCOCCC(=O)NCC[N+](C)(C)C)=C\3N=N)NC(=O)CCOCCOCCOCCOCCNC(=O)COC3C#CCCCCC3)C(C)C)cc2)O1. The number of anilines is 1. The molecule has 10 N–H and O–H groups in total. The zero-order valence-electron chi connectivity index (χ0n) is 76.7. The van der Waals surface area contributed by atoms with Crippen molar-refractivity contribution in [3.05, 3.63) is 59.5 Å². The van der Waals surface area contributed by atoms with Crippen molar-refractivity contribution in [1.29, 1.82) is 5.53 Å². The number of aliphatic hydroxyl groups is 1. The lowest BCUT2D eigenvalue weighted by Gasteiger charge is -2.63. The summed E-state index contributed by atoms with van der Waals surface area (Å²) in [6.45, 7) is 16.5.